The van der Waals surface area contributed by atoms with Crippen molar-refractivity contribution < 1.29 is 9.53 Å². The molecule has 21 heavy (non-hydrogen) atoms. The van der Waals surface area contributed by atoms with Crippen LogP contribution in [0.1, 0.15) is 29.3 Å². The lowest BCUT2D eigenvalue weighted by atomic mass is 10.1. The Bertz CT molecular complexity index is 601. The van der Waals surface area contributed by atoms with Crippen molar-refractivity contribution in [3.63, 3.8) is 0 Å². The molecule has 0 spiro atoms. The minimum atomic E-state index is -0.173. The summed E-state index contributed by atoms with van der Waals surface area (Å²) in [6.07, 6.45) is 0.966. The first-order valence-corrected chi connectivity index (χ1v) is 7.00. The predicted octanol–water partition coefficient (Wildman–Crippen LogP) is 3.62. The Kier molecular flexibility index (Phi) is 4.82. The number of nitrogen functional groups attached to an aromatic ring is 1. The molecule has 0 aromatic heterocycles. The number of nitrogens with one attached hydrogen (secondary N) is 1. The zero-order valence-electron chi connectivity index (χ0n) is 12.3. The summed E-state index contributed by atoms with van der Waals surface area (Å²) < 4.78 is 5.50. The van der Waals surface area contributed by atoms with Crippen molar-refractivity contribution in [2.45, 2.75) is 20.3 Å². The molecule has 0 heterocycles. The van der Waals surface area contributed by atoms with Crippen molar-refractivity contribution in [3.8, 4) is 5.75 Å². The van der Waals surface area contributed by atoms with E-state index in [0.717, 1.165) is 23.4 Å². The van der Waals surface area contributed by atoms with E-state index in [0.29, 0.717) is 17.9 Å². The van der Waals surface area contributed by atoms with E-state index < -0.39 is 0 Å². The van der Waals surface area contributed by atoms with Crippen molar-refractivity contribution in [3.05, 3.63) is 53.6 Å². The summed E-state index contributed by atoms with van der Waals surface area (Å²) in [4.78, 5) is 12.2. The van der Waals surface area contributed by atoms with E-state index in [1.165, 1.54) is 0 Å². The fraction of sp³-hybridized carbons (Fsp3) is 0.235. The van der Waals surface area contributed by atoms with E-state index in [9.17, 15) is 4.79 Å². The molecule has 1 amide bonds. The molecule has 0 aliphatic carbocycles. The third-order valence-corrected chi connectivity index (χ3v) is 2.95. The van der Waals surface area contributed by atoms with Gasteiger partial charge < -0.3 is 15.8 Å². The molecular weight excluding hydrogens is 264 g/mol. The summed E-state index contributed by atoms with van der Waals surface area (Å²) in [6.45, 7) is 4.66. The number of benzene rings is 2. The van der Waals surface area contributed by atoms with Gasteiger partial charge in [0.2, 0.25) is 0 Å². The number of nitrogens with two attached hydrogens (primary N) is 1. The largest absolute Gasteiger partial charge is 0.494 e. The Balaban J connectivity index is 2.05. The van der Waals surface area contributed by atoms with Gasteiger partial charge in [-0.25, -0.2) is 0 Å². The van der Waals surface area contributed by atoms with E-state index in [2.05, 4.69) is 12.2 Å². The topological polar surface area (TPSA) is 64.3 Å². The van der Waals surface area contributed by atoms with Crippen molar-refractivity contribution in [1.82, 2.24) is 0 Å². The van der Waals surface area contributed by atoms with Gasteiger partial charge in [0, 0.05) is 16.9 Å². The number of anilines is 2. The summed E-state index contributed by atoms with van der Waals surface area (Å²) in [6, 6.07) is 12.6. The smallest absolute Gasteiger partial charge is 0.255 e. The lowest BCUT2D eigenvalue weighted by molar-refractivity contribution is 0.102. The first-order chi connectivity index (χ1) is 10.1. The molecule has 2 aromatic carbocycles. The average Bonchev–Trinajstić information content (AvgIpc) is 2.45. The number of hydrogen-bond donors (Lipinski definition) is 2. The van der Waals surface area contributed by atoms with Gasteiger partial charge in [0.05, 0.1) is 6.61 Å². The zero-order chi connectivity index (χ0) is 15.2. The van der Waals surface area contributed by atoms with Crippen LogP contribution in [0.15, 0.2) is 42.5 Å². The lowest BCUT2D eigenvalue weighted by Gasteiger charge is -2.08. The minimum Gasteiger partial charge on any atom is -0.494 e. The Morgan fingerprint density at radius 3 is 2.52 bits per heavy atom. The van der Waals surface area contributed by atoms with Crippen molar-refractivity contribution >= 4 is 17.3 Å². The van der Waals surface area contributed by atoms with Gasteiger partial charge in [-0.2, -0.15) is 0 Å². The molecule has 0 unspecified atom stereocenters. The molecule has 0 fully saturated rings. The van der Waals surface area contributed by atoms with Gasteiger partial charge in [-0.05, 0) is 61.4 Å². The van der Waals surface area contributed by atoms with E-state index in [4.69, 9.17) is 10.5 Å². The van der Waals surface area contributed by atoms with E-state index in [1.807, 2.05) is 43.3 Å². The second-order valence-electron chi connectivity index (χ2n) is 4.96. The van der Waals surface area contributed by atoms with E-state index in [1.54, 1.807) is 6.07 Å². The number of hydrogen-bond acceptors (Lipinski definition) is 3. The van der Waals surface area contributed by atoms with Gasteiger partial charge in [-0.1, -0.05) is 6.92 Å². The van der Waals surface area contributed by atoms with Crippen LogP contribution in [0.25, 0.3) is 0 Å². The maximum atomic E-state index is 12.2. The second kappa shape index (κ2) is 6.79. The van der Waals surface area contributed by atoms with E-state index in [-0.39, 0.29) is 5.91 Å². The Morgan fingerprint density at radius 1 is 1.19 bits per heavy atom. The molecule has 0 aliphatic rings. The van der Waals surface area contributed by atoms with Crippen LogP contribution in [0.4, 0.5) is 11.4 Å². The molecule has 4 nitrogen and oxygen atoms in total. The molecule has 3 N–H and O–H groups in total. The normalized spacial score (nSPS) is 10.2. The number of carbonyl (C=O) groups excluding carboxylic acids is 1. The highest BCUT2D eigenvalue weighted by molar-refractivity contribution is 6.04. The first kappa shape index (κ1) is 14.9. The van der Waals surface area contributed by atoms with Crippen molar-refractivity contribution in [2.24, 2.45) is 0 Å². The summed E-state index contributed by atoms with van der Waals surface area (Å²) in [5.41, 5.74) is 8.59. The van der Waals surface area contributed by atoms with Crippen molar-refractivity contribution in [1.29, 1.82) is 0 Å². The SMILES string of the molecule is CCCOc1ccc(NC(=O)c2cc(C)cc(N)c2)cc1. The minimum absolute atomic E-state index is 0.173. The van der Waals surface area contributed by atoms with Crippen LogP contribution in [-0.4, -0.2) is 12.5 Å². The summed E-state index contributed by atoms with van der Waals surface area (Å²) in [5, 5.41) is 2.85. The summed E-state index contributed by atoms with van der Waals surface area (Å²) in [7, 11) is 0. The molecule has 110 valence electrons. The zero-order valence-corrected chi connectivity index (χ0v) is 12.3. The number of ether oxygens (including phenoxy) is 1. The maximum Gasteiger partial charge on any atom is 0.255 e. The molecule has 0 bridgehead atoms. The van der Waals surface area contributed by atoms with Gasteiger partial charge in [0.1, 0.15) is 5.75 Å². The molecule has 4 heteroatoms. The summed E-state index contributed by atoms with van der Waals surface area (Å²) in [5.74, 6) is 0.627. The Hall–Kier alpha value is -2.49. The first-order valence-electron chi connectivity index (χ1n) is 7.00. The third-order valence-electron chi connectivity index (χ3n) is 2.95. The quantitative estimate of drug-likeness (QED) is 0.824. The number of carbonyl (C=O) groups is 1. The molecular formula is C17H20N2O2. The molecule has 2 aromatic rings. The van der Waals surface area contributed by atoms with Gasteiger partial charge >= 0.3 is 0 Å². The highest BCUT2D eigenvalue weighted by Gasteiger charge is 2.07. The van der Waals surface area contributed by atoms with Crippen LogP contribution in [-0.2, 0) is 0 Å². The van der Waals surface area contributed by atoms with Crippen LogP contribution >= 0.6 is 0 Å². The molecule has 0 radical (unpaired) electrons. The Labute approximate surface area is 124 Å². The van der Waals surface area contributed by atoms with Gasteiger partial charge in [-0.3, -0.25) is 4.79 Å². The highest BCUT2D eigenvalue weighted by atomic mass is 16.5. The lowest BCUT2D eigenvalue weighted by Crippen LogP contribution is -2.12. The second-order valence-corrected chi connectivity index (χ2v) is 4.96. The van der Waals surface area contributed by atoms with Gasteiger partial charge in [0.15, 0.2) is 0 Å². The fourth-order valence-corrected chi connectivity index (χ4v) is 2.00. The van der Waals surface area contributed by atoms with Crippen LogP contribution < -0.4 is 15.8 Å². The standard InChI is InChI=1S/C17H20N2O2/c1-3-8-21-16-6-4-15(5-7-16)19-17(20)13-9-12(2)10-14(18)11-13/h4-7,9-11H,3,8,18H2,1-2H3,(H,19,20). The van der Waals surface area contributed by atoms with Crippen LogP contribution in [0.3, 0.4) is 0 Å². The third kappa shape index (κ3) is 4.24. The molecule has 0 aliphatic heterocycles. The van der Waals surface area contributed by atoms with Gasteiger partial charge in [0.25, 0.3) is 5.91 Å². The predicted molar refractivity (Wildman–Crippen MR) is 85.8 cm³/mol. The Morgan fingerprint density at radius 2 is 1.90 bits per heavy atom. The van der Waals surface area contributed by atoms with Crippen molar-refractivity contribution in [2.75, 3.05) is 17.7 Å². The number of rotatable bonds is 5. The molecule has 0 saturated carbocycles. The number of amides is 1. The molecule has 0 atom stereocenters. The molecule has 0 saturated heterocycles. The van der Waals surface area contributed by atoms with Crippen LogP contribution in [0.2, 0.25) is 0 Å². The monoisotopic (exact) mass is 284 g/mol. The highest BCUT2D eigenvalue weighted by Crippen LogP contribution is 2.18. The summed E-state index contributed by atoms with van der Waals surface area (Å²) >= 11 is 0. The van der Waals surface area contributed by atoms with Crippen LogP contribution in [0, 0.1) is 6.92 Å². The fourth-order valence-electron chi connectivity index (χ4n) is 2.00. The van der Waals surface area contributed by atoms with E-state index >= 15 is 0 Å². The maximum absolute atomic E-state index is 12.2. The average molecular weight is 284 g/mol. The molecule has 2 rings (SSSR count). The number of aryl methyl sites for hydroxylation is 1. The van der Waals surface area contributed by atoms with Gasteiger partial charge in [-0.15, -0.1) is 0 Å². The van der Waals surface area contributed by atoms with Crippen LogP contribution in [0.5, 0.6) is 5.75 Å².